The molecule has 1 rings (SSSR count). The molecule has 1 aromatic rings. The fourth-order valence-corrected chi connectivity index (χ4v) is 1.64. The number of aromatic nitrogens is 2. The maximum atomic E-state index is 5.59. The van der Waals surface area contributed by atoms with Crippen LogP contribution in [0.15, 0.2) is 17.6 Å². The third-order valence-electron chi connectivity index (χ3n) is 1.29. The minimum atomic E-state index is 0.289. The van der Waals surface area contributed by atoms with Gasteiger partial charge in [-0.3, -0.25) is 0 Å². The Bertz CT molecular complexity index is 184. The first kappa shape index (κ1) is 8.62. The maximum absolute atomic E-state index is 5.59. The predicted molar refractivity (Wildman–Crippen MR) is 47.6 cm³/mol. The number of hydrogen-bond acceptors (Lipinski definition) is 3. The molecule has 3 nitrogen and oxygen atoms in total. The number of nitrogens with one attached hydrogen (secondary N) is 1. The van der Waals surface area contributed by atoms with Gasteiger partial charge in [-0.1, -0.05) is 11.8 Å². The Hall–Kier alpha value is -0.480. The molecule has 0 aliphatic heterocycles. The molecule has 0 bridgehead atoms. The minimum absolute atomic E-state index is 0.289. The lowest BCUT2D eigenvalue weighted by atomic mass is 10.3. The summed E-state index contributed by atoms with van der Waals surface area (Å²) in [5.41, 5.74) is 5.59. The van der Waals surface area contributed by atoms with Crippen LogP contribution in [0.4, 0.5) is 0 Å². The lowest BCUT2D eigenvalue weighted by Crippen LogP contribution is -2.15. The summed E-state index contributed by atoms with van der Waals surface area (Å²) in [6.07, 6.45) is 4.62. The number of nitrogens with two attached hydrogens (primary N) is 1. The molecule has 1 aromatic heterocycles. The van der Waals surface area contributed by atoms with Crippen molar-refractivity contribution in [2.45, 2.75) is 24.5 Å². The molecule has 0 saturated carbocycles. The first-order valence-corrected chi connectivity index (χ1v) is 4.65. The highest BCUT2D eigenvalue weighted by atomic mass is 32.2. The zero-order valence-corrected chi connectivity index (χ0v) is 7.40. The van der Waals surface area contributed by atoms with E-state index in [1.54, 1.807) is 18.0 Å². The molecule has 0 spiro atoms. The second-order valence-electron chi connectivity index (χ2n) is 2.51. The van der Waals surface area contributed by atoms with E-state index in [0.717, 1.165) is 17.3 Å². The molecule has 0 saturated heterocycles. The topological polar surface area (TPSA) is 54.7 Å². The lowest BCUT2D eigenvalue weighted by Gasteiger charge is -2.01. The van der Waals surface area contributed by atoms with Crippen LogP contribution < -0.4 is 5.73 Å². The van der Waals surface area contributed by atoms with Crippen molar-refractivity contribution in [2.24, 2.45) is 5.73 Å². The van der Waals surface area contributed by atoms with E-state index in [1.807, 2.05) is 13.1 Å². The number of H-pyrrole nitrogens is 1. The van der Waals surface area contributed by atoms with Gasteiger partial charge in [-0.05, 0) is 13.3 Å². The van der Waals surface area contributed by atoms with Crippen LogP contribution in [-0.2, 0) is 0 Å². The summed E-state index contributed by atoms with van der Waals surface area (Å²) in [5.74, 6) is 1.03. The monoisotopic (exact) mass is 171 g/mol. The van der Waals surface area contributed by atoms with Gasteiger partial charge in [0.1, 0.15) is 0 Å². The van der Waals surface area contributed by atoms with Crippen molar-refractivity contribution in [3.05, 3.63) is 12.4 Å². The Morgan fingerprint density at radius 2 is 2.64 bits per heavy atom. The second kappa shape index (κ2) is 4.41. The molecule has 4 heteroatoms. The van der Waals surface area contributed by atoms with E-state index in [1.165, 1.54) is 0 Å². The predicted octanol–water partition coefficient (Wildman–Crippen LogP) is 1.24. The summed E-state index contributed by atoms with van der Waals surface area (Å²) in [6.45, 7) is 2.02. The van der Waals surface area contributed by atoms with Crippen molar-refractivity contribution in [1.29, 1.82) is 0 Å². The number of imidazole rings is 1. The highest BCUT2D eigenvalue weighted by Gasteiger charge is 1.97. The first-order chi connectivity index (χ1) is 5.29. The normalized spacial score (nSPS) is 13.3. The molecule has 0 aliphatic carbocycles. The number of aromatic amines is 1. The van der Waals surface area contributed by atoms with Gasteiger partial charge in [-0.15, -0.1) is 0 Å². The van der Waals surface area contributed by atoms with E-state index >= 15 is 0 Å². The van der Waals surface area contributed by atoms with Crippen LogP contribution in [-0.4, -0.2) is 21.8 Å². The zero-order chi connectivity index (χ0) is 8.10. The minimum Gasteiger partial charge on any atom is -0.340 e. The molecule has 1 heterocycles. The Morgan fingerprint density at radius 1 is 1.82 bits per heavy atom. The quantitative estimate of drug-likeness (QED) is 0.670. The molecule has 0 amide bonds. The number of nitrogens with zero attached hydrogens (tertiary/aromatic N) is 1. The molecule has 1 atom stereocenters. The van der Waals surface area contributed by atoms with Gasteiger partial charge >= 0.3 is 0 Å². The van der Waals surface area contributed by atoms with Crippen LogP contribution in [0.5, 0.6) is 0 Å². The summed E-state index contributed by atoms with van der Waals surface area (Å²) >= 11 is 1.71. The molecule has 62 valence electrons. The fraction of sp³-hybridized carbons (Fsp3) is 0.571. The summed E-state index contributed by atoms with van der Waals surface area (Å²) in [4.78, 5) is 7.10. The van der Waals surface area contributed by atoms with E-state index in [-0.39, 0.29) is 6.04 Å². The molecule has 0 radical (unpaired) electrons. The Kier molecular flexibility index (Phi) is 3.45. The van der Waals surface area contributed by atoms with Gasteiger partial charge in [0.05, 0.1) is 0 Å². The number of rotatable bonds is 4. The van der Waals surface area contributed by atoms with E-state index in [4.69, 9.17) is 5.73 Å². The first-order valence-electron chi connectivity index (χ1n) is 3.67. The molecular formula is C7H13N3S. The lowest BCUT2D eigenvalue weighted by molar-refractivity contribution is 0.721. The van der Waals surface area contributed by atoms with Crippen molar-refractivity contribution in [1.82, 2.24) is 9.97 Å². The summed E-state index contributed by atoms with van der Waals surface area (Å²) in [5, 5.41) is 0.977. The smallest absolute Gasteiger partial charge is 0.165 e. The molecule has 3 N–H and O–H groups in total. The Labute approximate surface area is 70.8 Å². The summed E-state index contributed by atoms with van der Waals surface area (Å²) in [6, 6.07) is 0.289. The van der Waals surface area contributed by atoms with Crippen LogP contribution in [0, 0.1) is 0 Å². The molecule has 0 fully saturated rings. The van der Waals surface area contributed by atoms with Crippen molar-refractivity contribution in [3.63, 3.8) is 0 Å². The van der Waals surface area contributed by atoms with Crippen LogP contribution in [0.1, 0.15) is 13.3 Å². The van der Waals surface area contributed by atoms with Gasteiger partial charge in [0.2, 0.25) is 0 Å². The van der Waals surface area contributed by atoms with Crippen LogP contribution >= 0.6 is 11.8 Å². The fourth-order valence-electron chi connectivity index (χ4n) is 0.671. The third kappa shape index (κ3) is 3.43. The van der Waals surface area contributed by atoms with Gasteiger partial charge in [-0.25, -0.2) is 4.98 Å². The molecule has 0 aromatic carbocycles. The Balaban J connectivity index is 2.14. The highest BCUT2D eigenvalue weighted by Crippen LogP contribution is 2.12. The van der Waals surface area contributed by atoms with Crippen molar-refractivity contribution in [2.75, 3.05) is 5.75 Å². The van der Waals surface area contributed by atoms with E-state index in [9.17, 15) is 0 Å². The number of hydrogen-bond donors (Lipinski definition) is 2. The highest BCUT2D eigenvalue weighted by molar-refractivity contribution is 7.99. The average molecular weight is 171 g/mol. The zero-order valence-electron chi connectivity index (χ0n) is 6.58. The van der Waals surface area contributed by atoms with Gasteiger partial charge in [-0.2, -0.15) is 0 Å². The summed E-state index contributed by atoms with van der Waals surface area (Å²) in [7, 11) is 0. The SMILES string of the molecule is CC(N)CCSc1ncc[nH]1. The van der Waals surface area contributed by atoms with Gasteiger partial charge in [0.15, 0.2) is 5.16 Å². The molecule has 1 unspecified atom stereocenters. The molecule has 0 aliphatic rings. The van der Waals surface area contributed by atoms with Crippen LogP contribution in [0.25, 0.3) is 0 Å². The van der Waals surface area contributed by atoms with Crippen LogP contribution in [0.3, 0.4) is 0 Å². The van der Waals surface area contributed by atoms with Gasteiger partial charge in [0, 0.05) is 24.2 Å². The van der Waals surface area contributed by atoms with Crippen LogP contribution in [0.2, 0.25) is 0 Å². The largest absolute Gasteiger partial charge is 0.340 e. The van der Waals surface area contributed by atoms with E-state index in [0.29, 0.717) is 0 Å². The average Bonchev–Trinajstić information content (AvgIpc) is 2.39. The van der Waals surface area contributed by atoms with Gasteiger partial charge < -0.3 is 10.7 Å². The third-order valence-corrected chi connectivity index (χ3v) is 2.22. The Morgan fingerprint density at radius 3 is 3.18 bits per heavy atom. The summed E-state index contributed by atoms with van der Waals surface area (Å²) < 4.78 is 0. The molecular weight excluding hydrogens is 158 g/mol. The van der Waals surface area contributed by atoms with Gasteiger partial charge in [0.25, 0.3) is 0 Å². The number of thioether (sulfide) groups is 1. The van der Waals surface area contributed by atoms with E-state index < -0.39 is 0 Å². The van der Waals surface area contributed by atoms with E-state index in [2.05, 4.69) is 9.97 Å². The van der Waals surface area contributed by atoms with Crippen molar-refractivity contribution >= 4 is 11.8 Å². The van der Waals surface area contributed by atoms with Crippen molar-refractivity contribution < 1.29 is 0 Å². The maximum Gasteiger partial charge on any atom is 0.165 e. The standard InChI is InChI=1S/C7H13N3S/c1-6(8)2-5-11-7-9-3-4-10-7/h3-4,6H,2,5,8H2,1H3,(H,9,10). The van der Waals surface area contributed by atoms with Crippen molar-refractivity contribution in [3.8, 4) is 0 Å². The molecule has 11 heavy (non-hydrogen) atoms. The second-order valence-corrected chi connectivity index (χ2v) is 3.59.